The average Bonchev–Trinajstić information content (AvgIpc) is 3.32. The Balaban J connectivity index is 1.38. The Morgan fingerprint density at radius 1 is 1.14 bits per heavy atom. The highest BCUT2D eigenvalue weighted by Crippen LogP contribution is 2.36. The summed E-state index contributed by atoms with van der Waals surface area (Å²) in [6, 6.07) is 1.99. The molecule has 4 rings (SSSR count). The highest BCUT2D eigenvalue weighted by Gasteiger charge is 2.32. The van der Waals surface area contributed by atoms with Crippen LogP contribution in [-0.2, 0) is 0 Å². The fourth-order valence-corrected chi connectivity index (χ4v) is 5.71. The van der Waals surface area contributed by atoms with Gasteiger partial charge in [-0.2, -0.15) is 0 Å². The van der Waals surface area contributed by atoms with Gasteiger partial charge in [0.25, 0.3) is 0 Å². The van der Waals surface area contributed by atoms with Crippen molar-refractivity contribution in [1.29, 1.82) is 0 Å². The van der Waals surface area contributed by atoms with Crippen LogP contribution in [-0.4, -0.2) is 63.8 Å². The van der Waals surface area contributed by atoms with E-state index in [1.807, 2.05) is 13.0 Å². The Labute approximate surface area is 178 Å². The lowest BCUT2D eigenvalue weighted by molar-refractivity contribution is 0.0846. The summed E-state index contributed by atoms with van der Waals surface area (Å²) >= 11 is 1.43. The Morgan fingerprint density at radius 2 is 1.90 bits per heavy atom. The number of hydrogen-bond acceptors (Lipinski definition) is 7. The molecule has 160 valence electrons. The van der Waals surface area contributed by atoms with Crippen LogP contribution in [0.3, 0.4) is 0 Å². The number of aromatic nitrogens is 3. The van der Waals surface area contributed by atoms with Crippen molar-refractivity contribution in [2.24, 2.45) is 11.3 Å². The maximum atomic E-state index is 5.50. The van der Waals surface area contributed by atoms with Gasteiger partial charge in [0, 0.05) is 31.6 Å². The standard InChI is InChI=1S/C22H35N5OS/c1-16-7-10-26(11-8-16)14-22(3,4)15-27-9-5-6-18(13-27)20-21(29-25-23-20)19-12-17(2)24-28-19/h12,16,18H,5-11,13-15H2,1-4H3. The molecule has 0 aromatic carbocycles. The molecule has 2 fully saturated rings. The van der Waals surface area contributed by atoms with Crippen molar-refractivity contribution in [2.45, 2.75) is 59.3 Å². The third-order valence-electron chi connectivity index (χ3n) is 6.44. The van der Waals surface area contributed by atoms with Crippen molar-refractivity contribution < 1.29 is 4.52 Å². The lowest BCUT2D eigenvalue weighted by Crippen LogP contribution is -2.46. The molecule has 0 bridgehead atoms. The predicted octanol–water partition coefficient (Wildman–Crippen LogP) is 4.44. The zero-order chi connectivity index (χ0) is 20.4. The fraction of sp³-hybridized carbons (Fsp3) is 0.773. The molecule has 0 radical (unpaired) electrons. The first-order valence-electron chi connectivity index (χ1n) is 11.1. The number of hydrogen-bond donors (Lipinski definition) is 0. The van der Waals surface area contributed by atoms with Crippen LogP contribution in [0, 0.1) is 18.3 Å². The van der Waals surface area contributed by atoms with Gasteiger partial charge in [-0.05, 0) is 75.1 Å². The van der Waals surface area contributed by atoms with Crippen LogP contribution in [0.5, 0.6) is 0 Å². The monoisotopic (exact) mass is 417 g/mol. The van der Waals surface area contributed by atoms with E-state index in [1.54, 1.807) is 0 Å². The summed E-state index contributed by atoms with van der Waals surface area (Å²) in [5, 5.41) is 8.55. The topological polar surface area (TPSA) is 58.3 Å². The summed E-state index contributed by atoms with van der Waals surface area (Å²) in [7, 11) is 0. The molecule has 29 heavy (non-hydrogen) atoms. The van der Waals surface area contributed by atoms with Gasteiger partial charge in [-0.25, -0.2) is 0 Å². The number of likely N-dealkylation sites (tertiary alicyclic amines) is 2. The minimum absolute atomic E-state index is 0.299. The second kappa shape index (κ2) is 8.82. The lowest BCUT2D eigenvalue weighted by Gasteiger charge is -2.41. The lowest BCUT2D eigenvalue weighted by atomic mass is 9.87. The molecule has 4 heterocycles. The van der Waals surface area contributed by atoms with Gasteiger partial charge in [0.05, 0.1) is 11.4 Å². The van der Waals surface area contributed by atoms with E-state index in [9.17, 15) is 0 Å². The Kier molecular flexibility index (Phi) is 6.37. The quantitative estimate of drug-likeness (QED) is 0.693. The molecule has 2 aliphatic heterocycles. The summed E-state index contributed by atoms with van der Waals surface area (Å²) in [6.45, 7) is 16.3. The van der Waals surface area contributed by atoms with Crippen LogP contribution < -0.4 is 0 Å². The van der Waals surface area contributed by atoms with Crippen LogP contribution in [0.2, 0.25) is 0 Å². The van der Waals surface area contributed by atoms with Gasteiger partial charge < -0.3 is 14.3 Å². The van der Waals surface area contributed by atoms with Crippen LogP contribution >= 0.6 is 11.5 Å². The normalized spacial score (nSPS) is 23.0. The molecular formula is C22H35N5OS. The maximum Gasteiger partial charge on any atom is 0.180 e. The summed E-state index contributed by atoms with van der Waals surface area (Å²) in [5.41, 5.74) is 2.30. The van der Waals surface area contributed by atoms with Crippen molar-refractivity contribution in [1.82, 2.24) is 24.5 Å². The Hall–Kier alpha value is -1.31. The molecule has 0 aliphatic carbocycles. The number of piperidine rings is 2. The number of rotatable bonds is 6. The average molecular weight is 418 g/mol. The molecule has 7 heteroatoms. The van der Waals surface area contributed by atoms with Gasteiger partial charge >= 0.3 is 0 Å². The SMILES string of the molecule is Cc1cc(-c2snnc2C2CCCN(CC(C)(C)CN3CCC(C)CC3)C2)on1. The molecule has 1 atom stereocenters. The van der Waals surface area contributed by atoms with E-state index in [0.717, 1.165) is 41.0 Å². The van der Waals surface area contributed by atoms with Gasteiger partial charge in [-0.15, -0.1) is 5.10 Å². The van der Waals surface area contributed by atoms with E-state index in [4.69, 9.17) is 4.52 Å². The molecule has 2 aromatic rings. The van der Waals surface area contributed by atoms with Gasteiger partial charge in [-0.1, -0.05) is 30.4 Å². The van der Waals surface area contributed by atoms with Crippen LogP contribution in [0.25, 0.3) is 10.6 Å². The zero-order valence-corrected chi connectivity index (χ0v) is 19.2. The molecule has 0 N–H and O–H groups in total. The second-order valence-electron chi connectivity index (χ2n) is 10.0. The molecule has 0 amide bonds. The molecule has 2 saturated heterocycles. The molecule has 0 spiro atoms. The van der Waals surface area contributed by atoms with E-state index in [-0.39, 0.29) is 0 Å². The Bertz CT molecular complexity index is 793. The fourth-order valence-electron chi connectivity index (χ4n) is 5.01. The third-order valence-corrected chi connectivity index (χ3v) is 7.19. The highest BCUT2D eigenvalue weighted by molar-refractivity contribution is 7.09. The summed E-state index contributed by atoms with van der Waals surface area (Å²) in [5.74, 6) is 2.13. The second-order valence-corrected chi connectivity index (χ2v) is 10.8. The van der Waals surface area contributed by atoms with Crippen molar-refractivity contribution in [3.63, 3.8) is 0 Å². The van der Waals surface area contributed by atoms with E-state index < -0.39 is 0 Å². The van der Waals surface area contributed by atoms with Crippen LogP contribution in [0.4, 0.5) is 0 Å². The van der Waals surface area contributed by atoms with E-state index in [1.165, 1.54) is 63.4 Å². The zero-order valence-electron chi connectivity index (χ0n) is 18.4. The molecular weight excluding hydrogens is 382 g/mol. The minimum atomic E-state index is 0.299. The van der Waals surface area contributed by atoms with Crippen molar-refractivity contribution in [3.8, 4) is 10.6 Å². The highest BCUT2D eigenvalue weighted by atomic mass is 32.1. The molecule has 2 aromatic heterocycles. The van der Waals surface area contributed by atoms with E-state index in [2.05, 4.69) is 45.3 Å². The molecule has 1 unspecified atom stereocenters. The largest absolute Gasteiger partial charge is 0.355 e. The van der Waals surface area contributed by atoms with Gasteiger partial charge in [-0.3, -0.25) is 0 Å². The van der Waals surface area contributed by atoms with Crippen molar-refractivity contribution in [2.75, 3.05) is 39.3 Å². The van der Waals surface area contributed by atoms with E-state index in [0.29, 0.717) is 11.3 Å². The summed E-state index contributed by atoms with van der Waals surface area (Å²) in [4.78, 5) is 6.38. The van der Waals surface area contributed by atoms with Gasteiger partial charge in [0.1, 0.15) is 4.88 Å². The minimum Gasteiger partial charge on any atom is -0.355 e. The molecule has 0 saturated carbocycles. The first-order chi connectivity index (χ1) is 13.9. The van der Waals surface area contributed by atoms with Crippen molar-refractivity contribution in [3.05, 3.63) is 17.5 Å². The number of aryl methyl sites for hydroxylation is 1. The predicted molar refractivity (Wildman–Crippen MR) is 117 cm³/mol. The van der Waals surface area contributed by atoms with E-state index >= 15 is 0 Å². The summed E-state index contributed by atoms with van der Waals surface area (Å²) in [6.07, 6.45) is 5.09. The van der Waals surface area contributed by atoms with Gasteiger partial charge in [0.2, 0.25) is 0 Å². The van der Waals surface area contributed by atoms with Crippen LogP contribution in [0.15, 0.2) is 10.6 Å². The van der Waals surface area contributed by atoms with Gasteiger partial charge in [0.15, 0.2) is 5.76 Å². The van der Waals surface area contributed by atoms with Crippen LogP contribution in [0.1, 0.15) is 63.8 Å². The summed E-state index contributed by atoms with van der Waals surface area (Å²) < 4.78 is 9.75. The first kappa shape index (κ1) is 20.9. The maximum absolute atomic E-state index is 5.50. The molecule has 6 nitrogen and oxygen atoms in total. The third kappa shape index (κ3) is 5.25. The Morgan fingerprint density at radius 3 is 2.62 bits per heavy atom. The van der Waals surface area contributed by atoms with Crippen molar-refractivity contribution >= 4 is 11.5 Å². The molecule has 2 aliphatic rings. The first-order valence-corrected chi connectivity index (χ1v) is 11.9. The number of nitrogens with zero attached hydrogens (tertiary/aromatic N) is 5. The smallest absolute Gasteiger partial charge is 0.180 e.